The molecule has 0 aromatic rings. The highest BCUT2D eigenvalue weighted by molar-refractivity contribution is 6.03. The van der Waals surface area contributed by atoms with Crippen molar-refractivity contribution in [3.63, 3.8) is 0 Å². The van der Waals surface area contributed by atoms with Gasteiger partial charge in [0.1, 0.15) is 12.7 Å². The second kappa shape index (κ2) is 7.76. The molecule has 9 heteroatoms. The predicted molar refractivity (Wildman–Crippen MR) is 88.6 cm³/mol. The maximum atomic E-state index is 12.1. The topological polar surface area (TPSA) is 120 Å². The number of nitrogens with one attached hydrogen (secondary N) is 2. The Labute approximate surface area is 151 Å². The number of carbonyl (C=O) groups is 4. The summed E-state index contributed by atoms with van der Waals surface area (Å²) in [6, 6.07) is -0.921. The third-order valence-electron chi connectivity index (χ3n) is 4.82. The Morgan fingerprint density at radius 2 is 1.85 bits per heavy atom. The van der Waals surface area contributed by atoms with Crippen LogP contribution in [0.4, 0.5) is 4.79 Å². The molecule has 0 bridgehead atoms. The molecule has 144 valence electrons. The normalized spacial score (nSPS) is 29.2. The Morgan fingerprint density at radius 3 is 2.42 bits per heavy atom. The van der Waals surface area contributed by atoms with Crippen molar-refractivity contribution in [2.45, 2.75) is 45.8 Å². The van der Waals surface area contributed by atoms with Crippen molar-refractivity contribution in [3.05, 3.63) is 11.8 Å². The lowest BCUT2D eigenvalue weighted by Gasteiger charge is -2.22. The molecule has 9 nitrogen and oxygen atoms in total. The lowest BCUT2D eigenvalue weighted by molar-refractivity contribution is -0.153. The summed E-state index contributed by atoms with van der Waals surface area (Å²) in [5.41, 5.74) is -0.215. The van der Waals surface area contributed by atoms with Gasteiger partial charge in [-0.05, 0) is 19.3 Å². The standard InChI is InChI=1S/C17H24N2O7/c1-9(7-24-4)15(22)19-16(23)18-13-5-14(26-11(3)21)17(6-12(13)17)8-25-10(2)20/h7,12-14H,5-6,8H2,1-4H3,(H2,18,19,22,23)/b9-7+/t12-,13+,14+,17+/m1/s1. The number of carbonyl (C=O) groups excluding carboxylic acids is 4. The van der Waals surface area contributed by atoms with Crippen LogP contribution in [-0.2, 0) is 28.6 Å². The van der Waals surface area contributed by atoms with Crippen LogP contribution in [0, 0.1) is 11.3 Å². The Balaban J connectivity index is 1.97. The van der Waals surface area contributed by atoms with Gasteiger partial charge in [-0.25, -0.2) is 4.79 Å². The van der Waals surface area contributed by atoms with E-state index < -0.39 is 35.4 Å². The molecule has 2 aliphatic rings. The molecule has 0 spiro atoms. The molecule has 0 aromatic heterocycles. The third kappa shape index (κ3) is 4.33. The number of hydrogen-bond donors (Lipinski definition) is 2. The summed E-state index contributed by atoms with van der Waals surface area (Å²) in [6.07, 6.45) is 1.86. The molecule has 3 amide bonds. The molecule has 0 saturated heterocycles. The first-order chi connectivity index (χ1) is 12.2. The minimum Gasteiger partial charge on any atom is -0.504 e. The summed E-state index contributed by atoms with van der Waals surface area (Å²) in [5, 5.41) is 4.96. The first-order valence-corrected chi connectivity index (χ1v) is 8.31. The lowest BCUT2D eigenvalue weighted by atomic mass is 10.0. The number of imide groups is 1. The van der Waals surface area contributed by atoms with E-state index in [-0.39, 0.29) is 24.1 Å². The second-order valence-corrected chi connectivity index (χ2v) is 6.73. The van der Waals surface area contributed by atoms with Gasteiger partial charge in [0, 0.05) is 37.3 Å². The van der Waals surface area contributed by atoms with Gasteiger partial charge in [-0.2, -0.15) is 0 Å². The number of ether oxygens (including phenoxy) is 3. The number of methoxy groups -OCH3 is 1. The van der Waals surface area contributed by atoms with Crippen molar-refractivity contribution >= 4 is 23.9 Å². The van der Waals surface area contributed by atoms with Gasteiger partial charge >= 0.3 is 18.0 Å². The van der Waals surface area contributed by atoms with Gasteiger partial charge in [-0.1, -0.05) is 0 Å². The van der Waals surface area contributed by atoms with Crippen LogP contribution in [0.2, 0.25) is 0 Å². The molecule has 2 fully saturated rings. The highest BCUT2D eigenvalue weighted by atomic mass is 16.6. The average Bonchev–Trinajstić information content (AvgIpc) is 3.21. The van der Waals surface area contributed by atoms with Crippen LogP contribution in [0.3, 0.4) is 0 Å². The zero-order valence-electron chi connectivity index (χ0n) is 15.3. The molecule has 2 rings (SSSR count). The third-order valence-corrected chi connectivity index (χ3v) is 4.82. The fraction of sp³-hybridized carbons (Fsp3) is 0.647. The van der Waals surface area contributed by atoms with E-state index in [0.717, 1.165) is 0 Å². The molecule has 0 heterocycles. The Hall–Kier alpha value is -2.58. The smallest absolute Gasteiger partial charge is 0.321 e. The molecule has 0 aliphatic heterocycles. The van der Waals surface area contributed by atoms with E-state index in [0.29, 0.717) is 12.8 Å². The van der Waals surface area contributed by atoms with Crippen LogP contribution in [0.15, 0.2) is 11.8 Å². The second-order valence-electron chi connectivity index (χ2n) is 6.73. The number of hydrogen-bond acceptors (Lipinski definition) is 7. The van der Waals surface area contributed by atoms with Gasteiger partial charge < -0.3 is 19.5 Å². The van der Waals surface area contributed by atoms with Gasteiger partial charge in [-0.15, -0.1) is 0 Å². The number of amides is 3. The predicted octanol–water partition coefficient (Wildman–Crippen LogP) is 0.636. The number of rotatable bonds is 6. The summed E-state index contributed by atoms with van der Waals surface area (Å²) in [6.45, 7) is 4.28. The van der Waals surface area contributed by atoms with Crippen molar-refractivity contribution in [3.8, 4) is 0 Å². The summed E-state index contributed by atoms with van der Waals surface area (Å²) in [7, 11) is 1.40. The van der Waals surface area contributed by atoms with E-state index in [1.807, 2.05) is 0 Å². The molecule has 0 unspecified atom stereocenters. The van der Waals surface area contributed by atoms with Crippen LogP contribution < -0.4 is 10.6 Å². The molecule has 4 atom stereocenters. The average molecular weight is 368 g/mol. The molecule has 2 saturated carbocycles. The minimum absolute atomic E-state index is 0.0164. The number of urea groups is 1. The Kier molecular flexibility index (Phi) is 5.89. The number of esters is 2. The van der Waals surface area contributed by atoms with Gasteiger partial charge in [0.25, 0.3) is 5.91 Å². The molecule has 0 aromatic carbocycles. The van der Waals surface area contributed by atoms with E-state index in [1.54, 1.807) is 0 Å². The Morgan fingerprint density at radius 1 is 1.15 bits per heavy atom. The van der Waals surface area contributed by atoms with Crippen LogP contribution in [0.25, 0.3) is 0 Å². The maximum Gasteiger partial charge on any atom is 0.321 e. The van der Waals surface area contributed by atoms with Crippen molar-refractivity contribution < 1.29 is 33.4 Å². The zero-order chi connectivity index (χ0) is 19.5. The van der Waals surface area contributed by atoms with Crippen molar-refractivity contribution in [2.24, 2.45) is 11.3 Å². The fourth-order valence-corrected chi connectivity index (χ4v) is 3.55. The van der Waals surface area contributed by atoms with E-state index in [4.69, 9.17) is 14.2 Å². The van der Waals surface area contributed by atoms with Gasteiger partial charge in [0.2, 0.25) is 0 Å². The lowest BCUT2D eigenvalue weighted by Crippen LogP contribution is -2.45. The van der Waals surface area contributed by atoms with E-state index >= 15 is 0 Å². The van der Waals surface area contributed by atoms with Crippen LogP contribution in [0.1, 0.15) is 33.6 Å². The van der Waals surface area contributed by atoms with E-state index in [9.17, 15) is 19.2 Å². The van der Waals surface area contributed by atoms with E-state index in [1.165, 1.54) is 34.1 Å². The first kappa shape index (κ1) is 19.7. The monoisotopic (exact) mass is 368 g/mol. The van der Waals surface area contributed by atoms with Crippen LogP contribution in [-0.4, -0.2) is 49.7 Å². The molecular weight excluding hydrogens is 344 g/mol. The van der Waals surface area contributed by atoms with Crippen molar-refractivity contribution in [2.75, 3.05) is 13.7 Å². The van der Waals surface area contributed by atoms with E-state index in [2.05, 4.69) is 10.6 Å². The largest absolute Gasteiger partial charge is 0.504 e. The molecule has 26 heavy (non-hydrogen) atoms. The SMILES string of the molecule is CO/C=C(\C)C(=O)NC(=O)N[C@H]1C[C@H](OC(C)=O)[C@]2(COC(C)=O)C[C@H]12. The molecular formula is C17H24N2O7. The molecule has 2 aliphatic carbocycles. The summed E-state index contributed by atoms with van der Waals surface area (Å²) in [5.74, 6) is -1.39. The van der Waals surface area contributed by atoms with Crippen LogP contribution >= 0.6 is 0 Å². The summed E-state index contributed by atoms with van der Waals surface area (Å²) < 4.78 is 15.2. The van der Waals surface area contributed by atoms with Crippen molar-refractivity contribution in [1.29, 1.82) is 0 Å². The highest BCUT2D eigenvalue weighted by Crippen LogP contribution is 2.64. The quantitative estimate of drug-likeness (QED) is 0.401. The van der Waals surface area contributed by atoms with Crippen molar-refractivity contribution in [1.82, 2.24) is 10.6 Å². The first-order valence-electron chi connectivity index (χ1n) is 8.31. The minimum atomic E-state index is -0.638. The molecule has 2 N–H and O–H groups in total. The van der Waals surface area contributed by atoms with Gasteiger partial charge in [-0.3, -0.25) is 19.7 Å². The fourth-order valence-electron chi connectivity index (χ4n) is 3.55. The summed E-state index contributed by atoms with van der Waals surface area (Å²) >= 11 is 0. The van der Waals surface area contributed by atoms with Crippen LogP contribution in [0.5, 0.6) is 0 Å². The Bertz CT molecular complexity index is 645. The summed E-state index contributed by atoms with van der Waals surface area (Å²) in [4.78, 5) is 46.4. The number of fused-ring (bicyclic) bond motifs is 1. The zero-order valence-corrected chi connectivity index (χ0v) is 15.3. The highest BCUT2D eigenvalue weighted by Gasteiger charge is 2.69. The van der Waals surface area contributed by atoms with Gasteiger partial charge in [0.15, 0.2) is 0 Å². The molecule has 0 radical (unpaired) electrons. The van der Waals surface area contributed by atoms with Gasteiger partial charge in [0.05, 0.1) is 13.4 Å². The maximum absolute atomic E-state index is 12.1.